The summed E-state index contributed by atoms with van der Waals surface area (Å²) in [5.74, 6) is 0. The molecule has 0 unspecified atom stereocenters. The molecule has 0 aliphatic carbocycles. The van der Waals surface area contributed by atoms with E-state index >= 15 is 0 Å². The third kappa shape index (κ3) is 3.91. The number of sulfonamides is 1. The molecule has 2 aromatic carbocycles. The van der Waals surface area contributed by atoms with E-state index in [1.54, 1.807) is 4.72 Å². The van der Waals surface area contributed by atoms with Gasteiger partial charge in [0.2, 0.25) is 0 Å². The lowest BCUT2D eigenvalue weighted by Crippen LogP contribution is -2.20. The standard InChI is InChI=1S/C15H8F6N2O2S/c16-14(17,18)10-5-3-6-12(9(10)8-22)23-26(24,25)13-7-2-1-4-11(13)15(19,20)21/h1-7,23H. The second-order valence-corrected chi connectivity index (χ2v) is 6.59. The SMILES string of the molecule is N#Cc1c(NS(=O)(=O)c2ccccc2C(F)(F)F)cccc1C(F)(F)F. The highest BCUT2D eigenvalue weighted by Gasteiger charge is 2.38. The molecule has 11 heteroatoms. The van der Waals surface area contributed by atoms with Crippen LogP contribution in [-0.2, 0) is 22.4 Å². The van der Waals surface area contributed by atoms with Gasteiger partial charge in [-0.2, -0.15) is 31.6 Å². The van der Waals surface area contributed by atoms with E-state index in [0.717, 1.165) is 24.3 Å². The Kier molecular flexibility index (Phi) is 4.92. The molecule has 0 amide bonds. The van der Waals surface area contributed by atoms with E-state index in [-0.39, 0.29) is 0 Å². The van der Waals surface area contributed by atoms with Gasteiger partial charge >= 0.3 is 12.4 Å². The van der Waals surface area contributed by atoms with Crippen LogP contribution in [0.2, 0.25) is 0 Å². The molecule has 2 rings (SSSR count). The molecule has 138 valence electrons. The monoisotopic (exact) mass is 394 g/mol. The Balaban J connectivity index is 2.59. The number of halogens is 6. The predicted octanol–water partition coefficient (Wildman–Crippen LogP) is 4.40. The van der Waals surface area contributed by atoms with Crippen LogP contribution in [0, 0.1) is 11.3 Å². The fraction of sp³-hybridized carbons (Fsp3) is 0.133. The van der Waals surface area contributed by atoms with Crippen molar-refractivity contribution >= 4 is 15.7 Å². The van der Waals surface area contributed by atoms with E-state index in [2.05, 4.69) is 0 Å². The maximum atomic E-state index is 13.0. The summed E-state index contributed by atoms with van der Waals surface area (Å²) < 4.78 is 104. The van der Waals surface area contributed by atoms with Crippen LogP contribution in [0.15, 0.2) is 47.4 Å². The first-order chi connectivity index (χ1) is 11.9. The number of hydrogen-bond donors (Lipinski definition) is 1. The van der Waals surface area contributed by atoms with Gasteiger partial charge in [-0.05, 0) is 24.3 Å². The van der Waals surface area contributed by atoms with E-state index in [1.807, 2.05) is 0 Å². The number of rotatable bonds is 3. The second-order valence-electron chi connectivity index (χ2n) is 4.94. The number of nitriles is 1. The first-order valence-electron chi connectivity index (χ1n) is 6.67. The van der Waals surface area contributed by atoms with Crippen LogP contribution in [0.5, 0.6) is 0 Å². The van der Waals surface area contributed by atoms with Gasteiger partial charge in [-0.1, -0.05) is 18.2 Å². The predicted molar refractivity (Wildman–Crippen MR) is 78.4 cm³/mol. The lowest BCUT2D eigenvalue weighted by Gasteiger charge is -2.16. The minimum atomic E-state index is -5.00. The molecular weight excluding hydrogens is 386 g/mol. The quantitative estimate of drug-likeness (QED) is 0.785. The van der Waals surface area contributed by atoms with Gasteiger partial charge in [-0.15, -0.1) is 0 Å². The molecule has 0 saturated heterocycles. The maximum absolute atomic E-state index is 13.0. The lowest BCUT2D eigenvalue weighted by molar-refractivity contribution is -0.140. The highest BCUT2D eigenvalue weighted by Crippen LogP contribution is 2.37. The van der Waals surface area contributed by atoms with Crippen LogP contribution in [-0.4, -0.2) is 8.42 Å². The molecule has 0 aromatic heterocycles. The topological polar surface area (TPSA) is 70.0 Å². The molecule has 0 spiro atoms. The van der Waals surface area contributed by atoms with Gasteiger partial charge in [0.25, 0.3) is 10.0 Å². The molecule has 0 heterocycles. The lowest BCUT2D eigenvalue weighted by atomic mass is 10.1. The summed E-state index contributed by atoms with van der Waals surface area (Å²) in [6.07, 6.45) is -9.95. The van der Waals surface area contributed by atoms with Gasteiger partial charge in [0.1, 0.15) is 6.07 Å². The summed E-state index contributed by atoms with van der Waals surface area (Å²) in [5.41, 5.74) is -4.73. The third-order valence-electron chi connectivity index (χ3n) is 3.21. The fourth-order valence-corrected chi connectivity index (χ4v) is 3.43. The maximum Gasteiger partial charge on any atom is 0.417 e. The van der Waals surface area contributed by atoms with E-state index in [0.29, 0.717) is 18.2 Å². The third-order valence-corrected chi connectivity index (χ3v) is 4.63. The van der Waals surface area contributed by atoms with Crippen LogP contribution in [0.25, 0.3) is 0 Å². The van der Waals surface area contributed by atoms with Crippen molar-refractivity contribution in [2.45, 2.75) is 17.2 Å². The molecule has 0 radical (unpaired) electrons. The van der Waals surface area contributed by atoms with Crippen LogP contribution in [0.3, 0.4) is 0 Å². The number of alkyl halides is 6. The average Bonchev–Trinajstić information content (AvgIpc) is 2.52. The number of hydrogen-bond acceptors (Lipinski definition) is 3. The molecule has 0 aliphatic heterocycles. The summed E-state index contributed by atoms with van der Waals surface area (Å²) in [6.45, 7) is 0. The minimum Gasteiger partial charge on any atom is -0.278 e. The molecule has 0 saturated carbocycles. The van der Waals surface area contributed by atoms with Crippen molar-refractivity contribution in [3.63, 3.8) is 0 Å². The normalized spacial score (nSPS) is 12.5. The van der Waals surface area contributed by atoms with Gasteiger partial charge in [-0.25, -0.2) is 8.42 Å². The van der Waals surface area contributed by atoms with E-state index in [4.69, 9.17) is 5.26 Å². The van der Waals surface area contributed by atoms with Crippen LogP contribution in [0.1, 0.15) is 16.7 Å². The van der Waals surface area contributed by atoms with E-state index < -0.39 is 49.6 Å². The average molecular weight is 394 g/mol. The molecular formula is C15H8F6N2O2S. The zero-order chi connectivity index (χ0) is 19.8. The van der Waals surface area contributed by atoms with Crippen molar-refractivity contribution < 1.29 is 34.8 Å². The minimum absolute atomic E-state index is 0.520. The van der Waals surface area contributed by atoms with Crippen LogP contribution >= 0.6 is 0 Å². The van der Waals surface area contributed by atoms with Gasteiger partial charge in [-0.3, -0.25) is 4.72 Å². The molecule has 0 bridgehead atoms. The van der Waals surface area contributed by atoms with Crippen LogP contribution in [0.4, 0.5) is 32.0 Å². The highest BCUT2D eigenvalue weighted by atomic mass is 32.2. The Morgan fingerprint density at radius 2 is 1.38 bits per heavy atom. The fourth-order valence-electron chi connectivity index (χ4n) is 2.13. The number of nitrogens with one attached hydrogen (secondary N) is 1. The zero-order valence-corrected chi connectivity index (χ0v) is 13.3. The summed E-state index contributed by atoms with van der Waals surface area (Å²) in [5, 5.41) is 8.95. The second kappa shape index (κ2) is 6.53. The van der Waals surface area contributed by atoms with Crippen molar-refractivity contribution in [3.8, 4) is 6.07 Å². The number of benzene rings is 2. The van der Waals surface area contributed by atoms with Gasteiger partial charge in [0, 0.05) is 0 Å². The Hall–Kier alpha value is -2.74. The molecule has 4 nitrogen and oxygen atoms in total. The Morgan fingerprint density at radius 1 is 0.846 bits per heavy atom. The van der Waals surface area contributed by atoms with Crippen molar-refractivity contribution in [1.82, 2.24) is 0 Å². The van der Waals surface area contributed by atoms with Crippen molar-refractivity contribution in [3.05, 3.63) is 59.2 Å². The summed E-state index contributed by atoms with van der Waals surface area (Å²) >= 11 is 0. The molecule has 0 fully saturated rings. The number of anilines is 1. The first kappa shape index (κ1) is 19.6. The summed E-state index contributed by atoms with van der Waals surface area (Å²) in [4.78, 5) is -1.17. The Bertz CT molecular complexity index is 975. The summed E-state index contributed by atoms with van der Waals surface area (Å²) in [7, 11) is -4.91. The van der Waals surface area contributed by atoms with Gasteiger partial charge < -0.3 is 0 Å². The molecule has 0 atom stereocenters. The smallest absolute Gasteiger partial charge is 0.278 e. The zero-order valence-electron chi connectivity index (χ0n) is 12.5. The molecule has 2 aromatic rings. The largest absolute Gasteiger partial charge is 0.417 e. The van der Waals surface area contributed by atoms with Crippen molar-refractivity contribution in [1.29, 1.82) is 5.26 Å². The van der Waals surface area contributed by atoms with Crippen molar-refractivity contribution in [2.24, 2.45) is 0 Å². The molecule has 1 N–H and O–H groups in total. The van der Waals surface area contributed by atoms with Gasteiger partial charge in [0.15, 0.2) is 0 Å². The first-order valence-corrected chi connectivity index (χ1v) is 8.15. The number of nitrogens with zero attached hydrogens (tertiary/aromatic N) is 1. The summed E-state index contributed by atoms with van der Waals surface area (Å²) in [6, 6.07) is 6.63. The molecule has 0 aliphatic rings. The van der Waals surface area contributed by atoms with Crippen LogP contribution < -0.4 is 4.72 Å². The molecule has 26 heavy (non-hydrogen) atoms. The highest BCUT2D eigenvalue weighted by molar-refractivity contribution is 7.92. The Labute approximate surface area is 143 Å². The van der Waals surface area contributed by atoms with Crippen molar-refractivity contribution in [2.75, 3.05) is 4.72 Å². The van der Waals surface area contributed by atoms with Gasteiger partial charge in [0.05, 0.1) is 27.3 Å². The van der Waals surface area contributed by atoms with E-state index in [9.17, 15) is 34.8 Å². The Morgan fingerprint density at radius 3 is 1.92 bits per heavy atom. The van der Waals surface area contributed by atoms with E-state index in [1.165, 1.54) is 6.07 Å².